The van der Waals surface area contributed by atoms with Gasteiger partial charge in [-0.2, -0.15) is 0 Å². The third-order valence-corrected chi connectivity index (χ3v) is 11.7. The molecule has 0 unspecified atom stereocenters. The highest BCUT2D eigenvalue weighted by atomic mass is 19.1. The third kappa shape index (κ3) is 9.06. The Bertz CT molecular complexity index is 1910. The van der Waals surface area contributed by atoms with Gasteiger partial charge in [-0.1, -0.05) is 48.3 Å². The number of allylic oxidation sites excluding steroid dienone is 1. The van der Waals surface area contributed by atoms with Crippen LogP contribution >= 0.6 is 0 Å². The van der Waals surface area contributed by atoms with Crippen molar-refractivity contribution < 1.29 is 43.2 Å². The van der Waals surface area contributed by atoms with Gasteiger partial charge in [0.05, 0.1) is 24.8 Å². The summed E-state index contributed by atoms with van der Waals surface area (Å²) in [5, 5.41) is 24.3. The number of hydrogen-bond donors (Lipinski definition) is 2. The smallest absolute Gasteiger partial charge is 0.410 e. The number of fused-ring (bicyclic) bond motifs is 2. The number of ether oxygens (including phenoxy) is 4. The van der Waals surface area contributed by atoms with E-state index in [-0.39, 0.29) is 63.0 Å². The molecule has 1 heterocycles. The van der Waals surface area contributed by atoms with Gasteiger partial charge in [-0.15, -0.1) is 6.58 Å². The Kier molecular flexibility index (Phi) is 14.1. The number of amides is 1. The molecule has 1 saturated carbocycles. The van der Waals surface area contributed by atoms with Crippen LogP contribution in [0.3, 0.4) is 0 Å². The van der Waals surface area contributed by atoms with Crippen molar-refractivity contribution in [1.82, 2.24) is 4.90 Å². The predicted molar refractivity (Wildman–Crippen MR) is 217 cm³/mol. The Morgan fingerprint density at radius 1 is 1.00 bits per heavy atom. The molecular weight excluding hydrogens is 728 g/mol. The summed E-state index contributed by atoms with van der Waals surface area (Å²) in [7, 11) is 1.51. The minimum Gasteiger partial charge on any atom is -0.459 e. The van der Waals surface area contributed by atoms with Crippen molar-refractivity contribution in [3.05, 3.63) is 113 Å². The Morgan fingerprint density at radius 2 is 1.72 bits per heavy atom. The van der Waals surface area contributed by atoms with Crippen molar-refractivity contribution >= 4 is 11.8 Å². The van der Waals surface area contributed by atoms with E-state index in [2.05, 4.69) is 37.7 Å². The maximum Gasteiger partial charge on any atom is 0.410 e. The number of aliphatic hydroxyl groups excluding tert-OH is 2. The van der Waals surface area contributed by atoms with Gasteiger partial charge in [0.25, 0.3) is 0 Å². The van der Waals surface area contributed by atoms with E-state index in [9.17, 15) is 19.4 Å². The quantitative estimate of drug-likeness (QED) is 0.0745. The number of aliphatic hydroxyl groups is 2. The van der Waals surface area contributed by atoms with Crippen LogP contribution in [0, 0.1) is 37.4 Å². The minimum atomic E-state index is -1.46. The fraction of sp³-hybridized carbons (Fsp3) is 0.478. The number of benzene rings is 3. The normalized spacial score (nSPS) is 24.1. The lowest BCUT2D eigenvalue weighted by Gasteiger charge is -2.59. The van der Waals surface area contributed by atoms with Crippen molar-refractivity contribution in [3.63, 3.8) is 0 Å². The number of carbonyl (C=O) groups is 1. The average molecular weight is 785 g/mol. The summed E-state index contributed by atoms with van der Waals surface area (Å²) in [5.74, 6) is -0.437. The summed E-state index contributed by atoms with van der Waals surface area (Å²) < 4.78 is 40.6. The average Bonchev–Trinajstić information content (AvgIpc) is 3.20. The van der Waals surface area contributed by atoms with Gasteiger partial charge < -0.3 is 34.0 Å². The molecule has 1 amide bonds. The van der Waals surface area contributed by atoms with E-state index in [1.165, 1.54) is 24.8 Å². The first kappa shape index (κ1) is 41.9. The Hall–Kier alpha value is -4.71. The van der Waals surface area contributed by atoms with Crippen LogP contribution in [0.4, 0.5) is 9.18 Å². The Morgan fingerprint density at radius 3 is 2.40 bits per heavy atom. The van der Waals surface area contributed by atoms with Crippen LogP contribution in [0.1, 0.15) is 80.0 Å². The van der Waals surface area contributed by atoms with Crippen molar-refractivity contribution in [2.75, 3.05) is 33.5 Å². The fourth-order valence-electron chi connectivity index (χ4n) is 9.03. The largest absolute Gasteiger partial charge is 0.459 e. The first-order chi connectivity index (χ1) is 27.7. The molecule has 0 radical (unpaired) electrons. The SMILES string of the molecule is C=CCO[C@@]12Oc3ccc(Oc4ccc(C)c(C)c4)cc3[C@H]3[C@H](CCCCO)[C@@H](CCCCO)C=C(C(=NOC)C[C@@H]1N(Cc1ccc(F)cc1)C(=O)OCC)[C@H]32. The lowest BCUT2D eigenvalue weighted by atomic mass is 9.55. The van der Waals surface area contributed by atoms with Crippen LogP contribution in [-0.4, -0.2) is 72.3 Å². The zero-order chi connectivity index (χ0) is 40.5. The van der Waals surface area contributed by atoms with Gasteiger partial charge in [0.2, 0.25) is 5.79 Å². The molecule has 0 saturated heterocycles. The molecule has 6 atom stereocenters. The maximum absolute atomic E-state index is 14.2. The molecule has 10 nitrogen and oxygen atoms in total. The van der Waals surface area contributed by atoms with Crippen LogP contribution in [-0.2, 0) is 20.9 Å². The molecule has 57 heavy (non-hydrogen) atoms. The molecule has 306 valence electrons. The number of oxime groups is 1. The number of carbonyl (C=O) groups excluding carboxylic acids is 1. The van der Waals surface area contributed by atoms with E-state index >= 15 is 0 Å². The van der Waals surface area contributed by atoms with Gasteiger partial charge in [0, 0.05) is 37.7 Å². The van der Waals surface area contributed by atoms with Crippen LogP contribution in [0.15, 0.2) is 90.1 Å². The maximum atomic E-state index is 14.2. The van der Waals surface area contributed by atoms with Gasteiger partial charge in [-0.05, 0) is 123 Å². The van der Waals surface area contributed by atoms with E-state index in [1.807, 2.05) is 30.3 Å². The highest BCUT2D eigenvalue weighted by molar-refractivity contribution is 6.03. The molecule has 2 N–H and O–H groups in total. The molecule has 0 aromatic heterocycles. The molecule has 0 bridgehead atoms. The summed E-state index contributed by atoms with van der Waals surface area (Å²) in [5.41, 5.74) is 5.54. The Labute approximate surface area is 335 Å². The zero-order valence-corrected chi connectivity index (χ0v) is 33.6. The highest BCUT2D eigenvalue weighted by Gasteiger charge is 2.65. The number of rotatable bonds is 18. The van der Waals surface area contributed by atoms with Gasteiger partial charge >= 0.3 is 6.09 Å². The summed E-state index contributed by atoms with van der Waals surface area (Å²) in [4.78, 5) is 21.4. The highest BCUT2D eigenvalue weighted by Crippen LogP contribution is 2.62. The van der Waals surface area contributed by atoms with Crippen molar-refractivity contribution in [1.29, 1.82) is 0 Å². The monoisotopic (exact) mass is 784 g/mol. The number of unbranched alkanes of at least 4 members (excludes halogenated alkanes) is 2. The summed E-state index contributed by atoms with van der Waals surface area (Å²) >= 11 is 0. The van der Waals surface area contributed by atoms with Crippen molar-refractivity contribution in [2.24, 2.45) is 22.9 Å². The second-order valence-corrected chi connectivity index (χ2v) is 15.3. The zero-order valence-electron chi connectivity index (χ0n) is 33.6. The summed E-state index contributed by atoms with van der Waals surface area (Å²) in [6, 6.07) is 17.2. The number of halogens is 1. The molecule has 3 aromatic carbocycles. The van der Waals surface area contributed by atoms with Crippen LogP contribution < -0.4 is 9.47 Å². The molecule has 1 fully saturated rings. The van der Waals surface area contributed by atoms with Gasteiger partial charge in [0.15, 0.2) is 0 Å². The fourth-order valence-corrected chi connectivity index (χ4v) is 9.03. The molecular formula is C46H57FN2O8. The van der Waals surface area contributed by atoms with Crippen molar-refractivity contribution in [2.45, 2.75) is 90.0 Å². The van der Waals surface area contributed by atoms with Gasteiger partial charge in [-0.25, -0.2) is 9.18 Å². The molecule has 3 aromatic rings. The van der Waals surface area contributed by atoms with Crippen LogP contribution in [0.25, 0.3) is 0 Å². The van der Waals surface area contributed by atoms with Gasteiger partial charge in [0.1, 0.15) is 36.2 Å². The molecule has 6 rings (SSSR count). The first-order valence-electron chi connectivity index (χ1n) is 20.2. The van der Waals surface area contributed by atoms with E-state index in [1.54, 1.807) is 30.0 Å². The summed E-state index contributed by atoms with van der Waals surface area (Å²) in [6.45, 7) is 10.4. The third-order valence-electron chi connectivity index (χ3n) is 11.7. The minimum absolute atomic E-state index is 0.0471. The number of hydrogen-bond acceptors (Lipinski definition) is 9. The second kappa shape index (κ2) is 19.2. The molecule has 1 aliphatic heterocycles. The number of aryl methyl sites for hydroxylation is 2. The topological polar surface area (TPSA) is 119 Å². The van der Waals surface area contributed by atoms with Crippen LogP contribution in [0.5, 0.6) is 17.2 Å². The predicted octanol–water partition coefficient (Wildman–Crippen LogP) is 9.16. The van der Waals surface area contributed by atoms with E-state index in [0.29, 0.717) is 35.6 Å². The van der Waals surface area contributed by atoms with E-state index < -0.39 is 23.8 Å². The van der Waals surface area contributed by atoms with E-state index in [0.717, 1.165) is 48.1 Å². The Balaban J connectivity index is 1.59. The first-order valence-corrected chi connectivity index (χ1v) is 20.2. The number of nitrogens with zero attached hydrogens (tertiary/aromatic N) is 2. The molecule has 2 aliphatic carbocycles. The molecule has 11 heteroatoms. The van der Waals surface area contributed by atoms with Crippen LogP contribution in [0.2, 0.25) is 0 Å². The van der Waals surface area contributed by atoms with E-state index in [4.69, 9.17) is 23.8 Å². The standard InChI is InChI=1S/C46H57FN2O8/c1-6-24-55-46-42(49(45(52)54-7-2)29-32-15-17-34(47)18-16-32)28-40(48-53-5)38-26-33(12-8-10-22-50)37(13-9-11-23-51)43(44(38)46)39-27-36(20-21-41(39)57-46)56-35-19-14-30(3)31(4)25-35/h6,14-21,25-27,33,37,42-44,50-51H,1,7-13,22-24,28-29H2,2-5H3/t33-,37+,42-,43+,44+,46+/m0/s1. The van der Waals surface area contributed by atoms with Gasteiger partial charge in [-0.3, -0.25) is 4.90 Å². The van der Waals surface area contributed by atoms with Crippen molar-refractivity contribution in [3.8, 4) is 17.2 Å². The second-order valence-electron chi connectivity index (χ2n) is 15.3. The lowest BCUT2D eigenvalue weighted by molar-refractivity contribution is -0.256. The molecule has 3 aliphatic rings. The lowest BCUT2D eigenvalue weighted by Crippen LogP contribution is -2.70. The molecule has 0 spiro atoms. The summed E-state index contributed by atoms with van der Waals surface area (Å²) in [6.07, 6.45) is 8.18.